The van der Waals surface area contributed by atoms with E-state index in [0.29, 0.717) is 41.6 Å². The summed E-state index contributed by atoms with van der Waals surface area (Å²) >= 11 is 0. The van der Waals surface area contributed by atoms with Gasteiger partial charge in [-0.3, -0.25) is 0 Å². The molecule has 5 heterocycles. The van der Waals surface area contributed by atoms with Crippen molar-refractivity contribution in [1.29, 1.82) is 0 Å². The van der Waals surface area contributed by atoms with Crippen LogP contribution in [0.2, 0.25) is 0 Å². The van der Waals surface area contributed by atoms with Crippen molar-refractivity contribution in [2.45, 2.75) is 69.9 Å². The Kier molecular flexibility index (Phi) is 7.23. The number of nitrogens with zero attached hydrogens (tertiary/aromatic N) is 4. The van der Waals surface area contributed by atoms with Gasteiger partial charge in [0, 0.05) is 42.3 Å². The summed E-state index contributed by atoms with van der Waals surface area (Å²) in [6.45, 7) is 1.53. The van der Waals surface area contributed by atoms with Crippen molar-refractivity contribution in [2.75, 3.05) is 11.5 Å². The van der Waals surface area contributed by atoms with Gasteiger partial charge in [0.1, 0.15) is 24.1 Å². The summed E-state index contributed by atoms with van der Waals surface area (Å²) in [5.41, 5.74) is 2.89. The third-order valence-corrected chi connectivity index (χ3v) is 9.12. The Balaban J connectivity index is 1.06. The summed E-state index contributed by atoms with van der Waals surface area (Å²) in [6, 6.07) is 16.4. The van der Waals surface area contributed by atoms with Gasteiger partial charge < -0.3 is 24.0 Å². The Morgan fingerprint density at radius 1 is 1.09 bits per heavy atom. The summed E-state index contributed by atoms with van der Waals surface area (Å²) in [7, 11) is 0. The molecule has 3 saturated heterocycles. The van der Waals surface area contributed by atoms with Crippen molar-refractivity contribution in [2.24, 2.45) is 5.92 Å². The number of carboxylic acid groups (broad SMARTS) is 1. The minimum atomic E-state index is -0.936. The van der Waals surface area contributed by atoms with E-state index in [1.165, 1.54) is 6.07 Å². The van der Waals surface area contributed by atoms with E-state index in [1.54, 1.807) is 30.3 Å². The first-order valence-electron chi connectivity index (χ1n) is 14.9. The maximum Gasteiger partial charge on any atom is 0.335 e. The fourth-order valence-corrected chi connectivity index (χ4v) is 6.92. The van der Waals surface area contributed by atoms with Gasteiger partial charge in [-0.05, 0) is 74.4 Å². The van der Waals surface area contributed by atoms with Crippen molar-refractivity contribution in [3.63, 3.8) is 0 Å². The van der Waals surface area contributed by atoms with E-state index in [-0.39, 0.29) is 24.1 Å². The van der Waals surface area contributed by atoms with Gasteiger partial charge in [0.15, 0.2) is 0 Å². The average molecular weight is 581 g/mol. The van der Waals surface area contributed by atoms with Crippen molar-refractivity contribution in [1.82, 2.24) is 14.5 Å². The second-order valence-electron chi connectivity index (χ2n) is 11.8. The van der Waals surface area contributed by atoms with E-state index >= 15 is 0 Å². The van der Waals surface area contributed by atoms with Gasteiger partial charge in [-0.25, -0.2) is 14.2 Å². The molecule has 3 aliphatic rings. The number of benzene rings is 2. The van der Waals surface area contributed by atoms with Crippen molar-refractivity contribution in [3.05, 3.63) is 82.9 Å². The molecule has 3 fully saturated rings. The number of carbonyl (C=O) groups is 1. The van der Waals surface area contributed by atoms with Crippen LogP contribution in [-0.4, -0.2) is 50.4 Å². The lowest BCUT2D eigenvalue weighted by Gasteiger charge is -2.40. The van der Waals surface area contributed by atoms with Crippen LogP contribution >= 0.6 is 0 Å². The van der Waals surface area contributed by atoms with E-state index in [2.05, 4.69) is 15.4 Å². The molecule has 0 amide bonds. The van der Waals surface area contributed by atoms with Gasteiger partial charge in [-0.1, -0.05) is 18.1 Å². The molecular formula is C34H33FN4O4. The highest BCUT2D eigenvalue weighted by Crippen LogP contribution is 2.42. The first-order valence-corrected chi connectivity index (χ1v) is 14.9. The average Bonchev–Trinajstić information content (AvgIpc) is 3.46. The minimum absolute atomic E-state index is 0.0723. The number of aromatic nitrogens is 3. The Bertz CT molecular complexity index is 1710. The number of fused-ring (bicyclic) bond motifs is 3. The zero-order valence-electron chi connectivity index (χ0n) is 23.8. The van der Waals surface area contributed by atoms with Crippen molar-refractivity contribution in [3.8, 4) is 18.2 Å². The topological polar surface area (TPSA) is 89.7 Å². The van der Waals surface area contributed by atoms with E-state index in [9.17, 15) is 14.3 Å². The Morgan fingerprint density at radius 2 is 1.91 bits per heavy atom. The van der Waals surface area contributed by atoms with Crippen LogP contribution in [0.1, 0.15) is 59.4 Å². The van der Waals surface area contributed by atoms with Gasteiger partial charge in [-0.2, -0.15) is 4.98 Å². The number of pyridine rings is 1. The van der Waals surface area contributed by atoms with Crippen LogP contribution in [0.3, 0.4) is 0 Å². The van der Waals surface area contributed by atoms with Crippen LogP contribution in [0.25, 0.3) is 11.0 Å². The molecule has 0 aliphatic carbocycles. The molecule has 3 unspecified atom stereocenters. The fraction of sp³-hybridized carbons (Fsp3) is 0.382. The number of anilines is 1. The zero-order valence-corrected chi connectivity index (χ0v) is 23.8. The normalized spacial score (nSPS) is 22.7. The molecule has 220 valence electrons. The van der Waals surface area contributed by atoms with Gasteiger partial charge in [0.05, 0.1) is 29.2 Å². The van der Waals surface area contributed by atoms with Crippen LogP contribution in [0.15, 0.2) is 54.6 Å². The summed E-state index contributed by atoms with van der Waals surface area (Å²) < 4.78 is 28.2. The maximum atomic E-state index is 14.4. The first-order chi connectivity index (χ1) is 20.9. The third kappa shape index (κ3) is 5.43. The van der Waals surface area contributed by atoms with Crippen molar-refractivity contribution >= 4 is 22.8 Å². The lowest BCUT2D eigenvalue weighted by Crippen LogP contribution is -2.44. The van der Waals surface area contributed by atoms with E-state index in [1.807, 2.05) is 18.2 Å². The quantitative estimate of drug-likeness (QED) is 0.258. The smallest absolute Gasteiger partial charge is 0.335 e. The fourth-order valence-electron chi connectivity index (χ4n) is 6.92. The maximum absolute atomic E-state index is 14.4. The molecular weight excluding hydrogens is 547 g/mol. The van der Waals surface area contributed by atoms with Crippen LogP contribution < -0.4 is 9.64 Å². The molecule has 8 nitrogen and oxygen atoms in total. The highest BCUT2D eigenvalue weighted by atomic mass is 19.1. The summed E-state index contributed by atoms with van der Waals surface area (Å²) in [5, 5.41) is 9.56. The SMILES string of the molecule is C#Cc1ccc(COc2cccc(N3C4CCC3CC(Cc3nc5ccc(C(=O)O)cc5n3CC3CCO3)C4)n2)c(F)c1. The number of halogens is 1. The molecule has 3 atom stereocenters. The number of piperidine rings is 1. The summed E-state index contributed by atoms with van der Waals surface area (Å²) in [6.07, 6.45) is 11.6. The van der Waals surface area contributed by atoms with Crippen LogP contribution in [-0.2, 0) is 24.3 Å². The number of imidazole rings is 1. The standard InChI is InChI=1S/C34H33FN4O4/c1-2-21-6-7-24(28(35)16-21)20-43-33-5-3-4-31(37-33)39-25-9-10-26(39)15-22(14-25)17-32-36-29-11-8-23(34(40)41)18-30(29)38(32)19-27-12-13-42-27/h1,3-8,11,16,18,22,25-27H,9-10,12-15,17,19-20H2,(H,40,41). The number of hydrogen-bond acceptors (Lipinski definition) is 6. The molecule has 7 rings (SSSR count). The number of carboxylic acids is 1. The van der Waals surface area contributed by atoms with Crippen LogP contribution in [0.4, 0.5) is 10.2 Å². The largest absolute Gasteiger partial charge is 0.478 e. The molecule has 0 radical (unpaired) electrons. The molecule has 2 bridgehead atoms. The molecule has 1 N–H and O–H groups in total. The second-order valence-corrected chi connectivity index (χ2v) is 11.8. The second kappa shape index (κ2) is 11.3. The van der Waals surface area contributed by atoms with E-state index in [0.717, 1.165) is 67.8 Å². The first kappa shape index (κ1) is 27.4. The molecule has 0 spiro atoms. The van der Waals surface area contributed by atoms with Gasteiger partial charge in [0.25, 0.3) is 0 Å². The van der Waals surface area contributed by atoms with Gasteiger partial charge in [-0.15, -0.1) is 6.42 Å². The monoisotopic (exact) mass is 580 g/mol. The highest BCUT2D eigenvalue weighted by molar-refractivity contribution is 5.92. The lowest BCUT2D eigenvalue weighted by molar-refractivity contribution is -0.0590. The molecule has 2 aromatic carbocycles. The lowest BCUT2D eigenvalue weighted by atomic mass is 9.88. The summed E-state index contributed by atoms with van der Waals surface area (Å²) in [5.74, 6) is 3.93. The molecule has 2 aromatic heterocycles. The van der Waals surface area contributed by atoms with E-state index < -0.39 is 5.97 Å². The van der Waals surface area contributed by atoms with Gasteiger partial charge in [0.2, 0.25) is 5.88 Å². The molecule has 43 heavy (non-hydrogen) atoms. The zero-order chi connectivity index (χ0) is 29.5. The van der Waals surface area contributed by atoms with E-state index in [4.69, 9.17) is 25.9 Å². The highest BCUT2D eigenvalue weighted by Gasteiger charge is 2.42. The molecule has 9 heteroatoms. The molecule has 4 aromatic rings. The Morgan fingerprint density at radius 3 is 2.60 bits per heavy atom. The van der Waals surface area contributed by atoms with Crippen molar-refractivity contribution < 1.29 is 23.8 Å². The summed E-state index contributed by atoms with van der Waals surface area (Å²) in [4.78, 5) is 23.9. The minimum Gasteiger partial charge on any atom is -0.478 e. The predicted molar refractivity (Wildman–Crippen MR) is 160 cm³/mol. The molecule has 3 aliphatic heterocycles. The number of ether oxygens (including phenoxy) is 2. The van der Waals surface area contributed by atoms with Crippen LogP contribution in [0.5, 0.6) is 5.88 Å². The van der Waals surface area contributed by atoms with Crippen LogP contribution in [0, 0.1) is 24.1 Å². The number of aromatic carboxylic acids is 1. The third-order valence-electron chi connectivity index (χ3n) is 9.12. The number of rotatable bonds is 9. The Hall–Kier alpha value is -4.42. The predicted octanol–water partition coefficient (Wildman–Crippen LogP) is 5.61. The number of hydrogen-bond donors (Lipinski definition) is 1. The van der Waals surface area contributed by atoms with Gasteiger partial charge >= 0.3 is 5.97 Å². The Labute approximate surface area is 249 Å². The number of terminal acetylenes is 1. The molecule has 0 saturated carbocycles.